The first kappa shape index (κ1) is 18.0. The molecule has 1 rings (SSSR count). The Kier molecular flexibility index (Phi) is 9.15. The Bertz CT molecular complexity index is 435. The predicted octanol–water partition coefficient (Wildman–Crippen LogP) is 5.54. The summed E-state index contributed by atoms with van der Waals surface area (Å²) in [7, 11) is 1.61. The summed E-state index contributed by atoms with van der Waals surface area (Å²) in [6.07, 6.45) is 9.09. The Hall–Kier alpha value is -1.03. The molecule has 118 valence electrons. The maximum atomic E-state index is 11.9. The number of benzene rings is 1. The third-order valence-corrected chi connectivity index (χ3v) is 3.94. The van der Waals surface area contributed by atoms with Gasteiger partial charge < -0.3 is 10.1 Å². The first-order valence-corrected chi connectivity index (χ1v) is 8.60. The number of nitrogens with one attached hydrogen (secondary N) is 1. The third kappa shape index (κ3) is 7.51. The van der Waals surface area contributed by atoms with Gasteiger partial charge in [0.1, 0.15) is 5.75 Å². The van der Waals surface area contributed by atoms with Crippen LogP contribution in [0.2, 0.25) is 0 Å². The van der Waals surface area contributed by atoms with Gasteiger partial charge in [0, 0.05) is 10.9 Å². The number of anilines is 1. The van der Waals surface area contributed by atoms with E-state index in [4.69, 9.17) is 4.74 Å². The van der Waals surface area contributed by atoms with Crippen molar-refractivity contribution in [2.45, 2.75) is 58.3 Å². The van der Waals surface area contributed by atoms with Crippen molar-refractivity contribution in [1.29, 1.82) is 0 Å². The Morgan fingerprint density at radius 3 is 2.48 bits per heavy atom. The molecule has 0 aliphatic heterocycles. The maximum Gasteiger partial charge on any atom is 0.224 e. The maximum absolute atomic E-state index is 11.9. The lowest BCUT2D eigenvalue weighted by atomic mass is 10.1. The molecule has 21 heavy (non-hydrogen) atoms. The van der Waals surface area contributed by atoms with E-state index in [0.29, 0.717) is 12.2 Å². The monoisotopic (exact) mass is 355 g/mol. The molecule has 1 N–H and O–H groups in total. The van der Waals surface area contributed by atoms with Gasteiger partial charge in [0.15, 0.2) is 0 Å². The van der Waals surface area contributed by atoms with Crippen molar-refractivity contribution in [2.24, 2.45) is 0 Å². The highest BCUT2D eigenvalue weighted by molar-refractivity contribution is 9.10. The smallest absolute Gasteiger partial charge is 0.224 e. The Morgan fingerprint density at radius 1 is 1.14 bits per heavy atom. The Balaban J connectivity index is 2.26. The first-order chi connectivity index (χ1) is 10.2. The van der Waals surface area contributed by atoms with Crippen LogP contribution in [-0.4, -0.2) is 13.0 Å². The molecule has 4 heteroatoms. The zero-order valence-corrected chi connectivity index (χ0v) is 14.7. The fourth-order valence-electron chi connectivity index (χ4n) is 2.23. The van der Waals surface area contributed by atoms with Crippen LogP contribution in [0.3, 0.4) is 0 Å². The van der Waals surface area contributed by atoms with Crippen LogP contribution in [0.4, 0.5) is 5.69 Å². The quantitative estimate of drug-likeness (QED) is 0.559. The largest absolute Gasteiger partial charge is 0.495 e. The number of unbranched alkanes of at least 4 members (excludes halogenated alkanes) is 6. The molecule has 0 bridgehead atoms. The standard InChI is InChI=1S/C17H26BrNO2/c1-3-4-5-6-7-8-9-10-17(20)19-15-13-14(18)11-12-16(15)21-2/h11-13H,3-10H2,1-2H3,(H,19,20). The van der Waals surface area contributed by atoms with Gasteiger partial charge in [0.2, 0.25) is 5.91 Å². The van der Waals surface area contributed by atoms with E-state index in [1.54, 1.807) is 7.11 Å². The predicted molar refractivity (Wildman–Crippen MR) is 91.9 cm³/mol. The Morgan fingerprint density at radius 2 is 1.81 bits per heavy atom. The number of ether oxygens (including phenoxy) is 1. The molecule has 0 aliphatic carbocycles. The molecule has 1 amide bonds. The molecule has 0 atom stereocenters. The second-order valence-corrected chi connectivity index (χ2v) is 6.18. The lowest BCUT2D eigenvalue weighted by Gasteiger charge is -2.10. The number of carbonyl (C=O) groups excluding carboxylic acids is 1. The fraction of sp³-hybridized carbons (Fsp3) is 0.588. The molecule has 0 aliphatic rings. The number of hydrogen-bond donors (Lipinski definition) is 1. The lowest BCUT2D eigenvalue weighted by molar-refractivity contribution is -0.116. The minimum Gasteiger partial charge on any atom is -0.495 e. The molecule has 0 saturated carbocycles. The van der Waals surface area contributed by atoms with Crippen molar-refractivity contribution in [3.05, 3.63) is 22.7 Å². The Labute approximate surface area is 136 Å². The van der Waals surface area contributed by atoms with Crippen LogP contribution in [-0.2, 0) is 4.79 Å². The molecule has 0 spiro atoms. The van der Waals surface area contributed by atoms with Crippen molar-refractivity contribution >= 4 is 27.5 Å². The SMILES string of the molecule is CCCCCCCCCC(=O)Nc1cc(Br)ccc1OC. The van der Waals surface area contributed by atoms with Crippen LogP contribution in [0.5, 0.6) is 5.75 Å². The van der Waals surface area contributed by atoms with Crippen LogP contribution in [0.15, 0.2) is 22.7 Å². The normalized spacial score (nSPS) is 10.4. The fourth-order valence-corrected chi connectivity index (χ4v) is 2.59. The van der Waals surface area contributed by atoms with Gasteiger partial charge in [-0.25, -0.2) is 0 Å². The summed E-state index contributed by atoms with van der Waals surface area (Å²) in [5, 5.41) is 2.92. The van der Waals surface area contributed by atoms with Crippen LogP contribution in [0.1, 0.15) is 58.3 Å². The van der Waals surface area contributed by atoms with Gasteiger partial charge in [-0.1, -0.05) is 61.4 Å². The van der Waals surface area contributed by atoms with E-state index in [1.807, 2.05) is 18.2 Å². The number of halogens is 1. The zero-order chi connectivity index (χ0) is 15.5. The third-order valence-electron chi connectivity index (χ3n) is 3.44. The molecule has 0 unspecified atom stereocenters. The highest BCUT2D eigenvalue weighted by atomic mass is 79.9. The van der Waals surface area contributed by atoms with E-state index in [-0.39, 0.29) is 5.91 Å². The summed E-state index contributed by atoms with van der Waals surface area (Å²) in [6, 6.07) is 5.60. The van der Waals surface area contributed by atoms with E-state index in [1.165, 1.54) is 32.1 Å². The van der Waals surface area contributed by atoms with E-state index in [0.717, 1.165) is 23.0 Å². The van der Waals surface area contributed by atoms with Crippen molar-refractivity contribution in [3.63, 3.8) is 0 Å². The van der Waals surface area contributed by atoms with Gasteiger partial charge in [0.25, 0.3) is 0 Å². The van der Waals surface area contributed by atoms with Gasteiger partial charge in [-0.15, -0.1) is 0 Å². The van der Waals surface area contributed by atoms with Gasteiger partial charge >= 0.3 is 0 Å². The highest BCUT2D eigenvalue weighted by Gasteiger charge is 2.07. The van der Waals surface area contributed by atoms with Gasteiger partial charge in [-0.2, -0.15) is 0 Å². The van der Waals surface area contributed by atoms with Crippen LogP contribution >= 0.6 is 15.9 Å². The molecule has 0 heterocycles. The molecule has 0 fully saturated rings. The van der Waals surface area contributed by atoms with Crippen LogP contribution < -0.4 is 10.1 Å². The van der Waals surface area contributed by atoms with Crippen molar-refractivity contribution < 1.29 is 9.53 Å². The number of hydrogen-bond acceptors (Lipinski definition) is 2. The highest BCUT2D eigenvalue weighted by Crippen LogP contribution is 2.28. The molecule has 0 aromatic heterocycles. The topological polar surface area (TPSA) is 38.3 Å². The van der Waals surface area contributed by atoms with Crippen molar-refractivity contribution in [2.75, 3.05) is 12.4 Å². The molecular weight excluding hydrogens is 330 g/mol. The number of carbonyl (C=O) groups is 1. The van der Waals surface area contributed by atoms with E-state index < -0.39 is 0 Å². The van der Waals surface area contributed by atoms with E-state index in [2.05, 4.69) is 28.2 Å². The zero-order valence-electron chi connectivity index (χ0n) is 13.1. The molecule has 0 saturated heterocycles. The van der Waals surface area contributed by atoms with Gasteiger partial charge in [-0.05, 0) is 24.6 Å². The number of methoxy groups -OCH3 is 1. The minimum absolute atomic E-state index is 0.0555. The second kappa shape index (κ2) is 10.7. The van der Waals surface area contributed by atoms with Crippen molar-refractivity contribution in [1.82, 2.24) is 0 Å². The van der Waals surface area contributed by atoms with E-state index in [9.17, 15) is 4.79 Å². The summed E-state index contributed by atoms with van der Waals surface area (Å²) >= 11 is 3.40. The van der Waals surface area contributed by atoms with Crippen LogP contribution in [0, 0.1) is 0 Å². The summed E-state index contributed by atoms with van der Waals surface area (Å²) < 4.78 is 6.17. The first-order valence-electron chi connectivity index (χ1n) is 7.80. The molecule has 3 nitrogen and oxygen atoms in total. The molecule has 1 aromatic rings. The second-order valence-electron chi connectivity index (χ2n) is 5.26. The van der Waals surface area contributed by atoms with E-state index >= 15 is 0 Å². The summed E-state index contributed by atoms with van der Waals surface area (Å²) in [5.41, 5.74) is 0.722. The molecule has 0 radical (unpaired) electrons. The molecular formula is C17H26BrNO2. The van der Waals surface area contributed by atoms with Crippen molar-refractivity contribution in [3.8, 4) is 5.75 Å². The average Bonchev–Trinajstić information content (AvgIpc) is 2.46. The average molecular weight is 356 g/mol. The summed E-state index contributed by atoms with van der Waals surface area (Å²) in [6.45, 7) is 2.22. The number of rotatable bonds is 10. The summed E-state index contributed by atoms with van der Waals surface area (Å²) in [4.78, 5) is 11.9. The van der Waals surface area contributed by atoms with Crippen LogP contribution in [0.25, 0.3) is 0 Å². The lowest BCUT2D eigenvalue weighted by Crippen LogP contribution is -2.11. The minimum atomic E-state index is 0.0555. The van der Waals surface area contributed by atoms with Gasteiger partial charge in [-0.3, -0.25) is 4.79 Å². The van der Waals surface area contributed by atoms with Gasteiger partial charge in [0.05, 0.1) is 12.8 Å². The molecule has 1 aromatic carbocycles. The number of amides is 1. The summed E-state index contributed by atoms with van der Waals surface area (Å²) in [5.74, 6) is 0.742.